The number of benzene rings is 1. The van der Waals surface area contributed by atoms with Gasteiger partial charge in [0.2, 0.25) is 0 Å². The Bertz CT molecular complexity index is 538. The van der Waals surface area contributed by atoms with Crippen LogP contribution < -0.4 is 10.1 Å². The van der Waals surface area contributed by atoms with Gasteiger partial charge in [-0.25, -0.2) is 0 Å². The van der Waals surface area contributed by atoms with Crippen molar-refractivity contribution in [2.45, 2.75) is 46.4 Å². The zero-order valence-corrected chi connectivity index (χ0v) is 12.7. The molecule has 0 unspecified atom stereocenters. The van der Waals surface area contributed by atoms with E-state index in [1.807, 2.05) is 36.4 Å². The quantitative estimate of drug-likeness (QED) is 0.892. The zero-order chi connectivity index (χ0) is 14.6. The molecular formula is C17H23NO2. The first-order valence-corrected chi connectivity index (χ1v) is 6.95. The molecule has 3 nitrogen and oxygen atoms in total. The Balaban J connectivity index is 1.93. The number of aryl methyl sites for hydroxylation is 1. The fourth-order valence-electron chi connectivity index (χ4n) is 1.85. The van der Waals surface area contributed by atoms with Gasteiger partial charge >= 0.3 is 0 Å². The van der Waals surface area contributed by atoms with Crippen molar-refractivity contribution < 1.29 is 9.15 Å². The SMILES string of the molecule is Cc1cc(COc2ccccc2)oc1CNC(C)(C)C. The van der Waals surface area contributed by atoms with Crippen molar-refractivity contribution in [2.75, 3.05) is 0 Å². The maximum absolute atomic E-state index is 5.84. The van der Waals surface area contributed by atoms with E-state index in [1.54, 1.807) is 0 Å². The molecule has 2 rings (SSSR count). The van der Waals surface area contributed by atoms with E-state index in [0.29, 0.717) is 6.61 Å². The molecule has 1 aromatic heterocycles. The second-order valence-corrected chi connectivity index (χ2v) is 6.02. The molecule has 2 aromatic rings. The average Bonchev–Trinajstić information content (AvgIpc) is 2.75. The number of ether oxygens (including phenoxy) is 1. The van der Waals surface area contributed by atoms with E-state index in [0.717, 1.165) is 29.4 Å². The first-order chi connectivity index (χ1) is 9.44. The molecule has 0 aliphatic heterocycles. The van der Waals surface area contributed by atoms with E-state index in [2.05, 4.69) is 33.0 Å². The number of nitrogens with one attached hydrogen (secondary N) is 1. The number of furan rings is 1. The minimum Gasteiger partial charge on any atom is -0.486 e. The number of para-hydroxylation sites is 1. The summed E-state index contributed by atoms with van der Waals surface area (Å²) < 4.78 is 11.5. The summed E-state index contributed by atoms with van der Waals surface area (Å²) in [4.78, 5) is 0. The molecule has 0 radical (unpaired) electrons. The molecule has 1 aromatic carbocycles. The highest BCUT2D eigenvalue weighted by Crippen LogP contribution is 2.18. The monoisotopic (exact) mass is 273 g/mol. The van der Waals surface area contributed by atoms with Crippen molar-refractivity contribution >= 4 is 0 Å². The zero-order valence-electron chi connectivity index (χ0n) is 12.7. The van der Waals surface area contributed by atoms with Crippen LogP contribution in [0.25, 0.3) is 0 Å². The van der Waals surface area contributed by atoms with Gasteiger partial charge in [-0.15, -0.1) is 0 Å². The van der Waals surface area contributed by atoms with Gasteiger partial charge in [-0.1, -0.05) is 18.2 Å². The average molecular weight is 273 g/mol. The van der Waals surface area contributed by atoms with Crippen LogP contribution in [-0.4, -0.2) is 5.54 Å². The van der Waals surface area contributed by atoms with Crippen LogP contribution in [0.15, 0.2) is 40.8 Å². The van der Waals surface area contributed by atoms with Gasteiger partial charge in [0, 0.05) is 5.54 Å². The van der Waals surface area contributed by atoms with Crippen molar-refractivity contribution in [3.05, 3.63) is 53.5 Å². The smallest absolute Gasteiger partial charge is 0.146 e. The summed E-state index contributed by atoms with van der Waals surface area (Å²) in [6, 6.07) is 11.8. The lowest BCUT2D eigenvalue weighted by atomic mass is 10.1. The van der Waals surface area contributed by atoms with Crippen LogP contribution in [0.1, 0.15) is 37.9 Å². The second kappa shape index (κ2) is 6.14. The molecular weight excluding hydrogens is 250 g/mol. The van der Waals surface area contributed by atoms with E-state index in [9.17, 15) is 0 Å². The maximum atomic E-state index is 5.84. The first kappa shape index (κ1) is 14.7. The molecule has 1 N–H and O–H groups in total. The van der Waals surface area contributed by atoms with Crippen LogP contribution in [0.3, 0.4) is 0 Å². The molecule has 0 amide bonds. The number of hydrogen-bond acceptors (Lipinski definition) is 3. The third-order valence-electron chi connectivity index (χ3n) is 2.98. The molecule has 0 aliphatic rings. The van der Waals surface area contributed by atoms with E-state index in [1.165, 1.54) is 0 Å². The predicted octanol–water partition coefficient (Wildman–Crippen LogP) is 4.06. The fourth-order valence-corrected chi connectivity index (χ4v) is 1.85. The molecule has 0 fully saturated rings. The van der Waals surface area contributed by atoms with Gasteiger partial charge in [-0.3, -0.25) is 0 Å². The normalized spacial score (nSPS) is 11.6. The van der Waals surface area contributed by atoms with Gasteiger partial charge in [0.25, 0.3) is 0 Å². The molecule has 0 saturated heterocycles. The third-order valence-corrected chi connectivity index (χ3v) is 2.98. The van der Waals surface area contributed by atoms with Crippen molar-refractivity contribution in [1.29, 1.82) is 0 Å². The Morgan fingerprint density at radius 3 is 2.50 bits per heavy atom. The van der Waals surface area contributed by atoms with Crippen LogP contribution in [0, 0.1) is 6.92 Å². The van der Waals surface area contributed by atoms with Gasteiger partial charge in [0.15, 0.2) is 0 Å². The highest BCUT2D eigenvalue weighted by molar-refractivity contribution is 5.23. The Hall–Kier alpha value is -1.74. The van der Waals surface area contributed by atoms with Crippen LogP contribution >= 0.6 is 0 Å². The summed E-state index contributed by atoms with van der Waals surface area (Å²) in [7, 11) is 0. The molecule has 0 saturated carbocycles. The van der Waals surface area contributed by atoms with E-state index >= 15 is 0 Å². The maximum Gasteiger partial charge on any atom is 0.146 e. The standard InChI is InChI=1S/C17H23NO2/c1-13-10-15(12-19-14-8-6-5-7-9-14)20-16(13)11-18-17(2,3)4/h5-10,18H,11-12H2,1-4H3. The molecule has 0 aliphatic carbocycles. The van der Waals surface area contributed by atoms with Gasteiger partial charge in [-0.2, -0.15) is 0 Å². The van der Waals surface area contributed by atoms with E-state index < -0.39 is 0 Å². The predicted molar refractivity (Wildman–Crippen MR) is 80.8 cm³/mol. The minimum atomic E-state index is 0.0833. The van der Waals surface area contributed by atoms with Gasteiger partial charge in [0.1, 0.15) is 23.9 Å². The van der Waals surface area contributed by atoms with Crippen LogP contribution in [0.4, 0.5) is 0 Å². The Kier molecular flexibility index (Phi) is 4.50. The Morgan fingerprint density at radius 1 is 1.15 bits per heavy atom. The first-order valence-electron chi connectivity index (χ1n) is 6.95. The summed E-state index contributed by atoms with van der Waals surface area (Å²) in [5, 5.41) is 3.43. The molecule has 108 valence electrons. The van der Waals surface area contributed by atoms with E-state index in [-0.39, 0.29) is 5.54 Å². The lowest BCUT2D eigenvalue weighted by molar-refractivity contribution is 0.263. The molecule has 3 heteroatoms. The minimum absolute atomic E-state index is 0.0833. The molecule has 0 bridgehead atoms. The van der Waals surface area contributed by atoms with Gasteiger partial charge in [-0.05, 0) is 51.5 Å². The highest BCUT2D eigenvalue weighted by atomic mass is 16.5. The number of rotatable bonds is 5. The summed E-state index contributed by atoms with van der Waals surface area (Å²) >= 11 is 0. The molecule has 0 spiro atoms. The van der Waals surface area contributed by atoms with Crippen LogP contribution in [0.2, 0.25) is 0 Å². The fraction of sp³-hybridized carbons (Fsp3) is 0.412. The topological polar surface area (TPSA) is 34.4 Å². The molecule has 0 atom stereocenters. The second-order valence-electron chi connectivity index (χ2n) is 6.02. The molecule has 20 heavy (non-hydrogen) atoms. The Morgan fingerprint density at radius 2 is 1.85 bits per heavy atom. The lowest BCUT2D eigenvalue weighted by Gasteiger charge is -2.19. The summed E-state index contributed by atoms with van der Waals surface area (Å²) in [6.45, 7) is 9.69. The third kappa shape index (κ3) is 4.42. The van der Waals surface area contributed by atoms with Crippen LogP contribution in [0.5, 0.6) is 5.75 Å². The van der Waals surface area contributed by atoms with Crippen molar-refractivity contribution in [3.8, 4) is 5.75 Å². The Labute approximate surface area is 121 Å². The van der Waals surface area contributed by atoms with Crippen molar-refractivity contribution in [2.24, 2.45) is 0 Å². The largest absolute Gasteiger partial charge is 0.486 e. The van der Waals surface area contributed by atoms with Gasteiger partial charge in [0.05, 0.1) is 6.54 Å². The van der Waals surface area contributed by atoms with Crippen molar-refractivity contribution in [1.82, 2.24) is 5.32 Å². The number of hydrogen-bond donors (Lipinski definition) is 1. The highest BCUT2D eigenvalue weighted by Gasteiger charge is 2.13. The lowest BCUT2D eigenvalue weighted by Crippen LogP contribution is -2.35. The van der Waals surface area contributed by atoms with Crippen molar-refractivity contribution in [3.63, 3.8) is 0 Å². The summed E-state index contributed by atoms with van der Waals surface area (Å²) in [5.74, 6) is 2.69. The van der Waals surface area contributed by atoms with E-state index in [4.69, 9.17) is 9.15 Å². The summed E-state index contributed by atoms with van der Waals surface area (Å²) in [5.41, 5.74) is 1.24. The summed E-state index contributed by atoms with van der Waals surface area (Å²) in [6.07, 6.45) is 0. The van der Waals surface area contributed by atoms with Gasteiger partial charge < -0.3 is 14.5 Å². The van der Waals surface area contributed by atoms with Crippen LogP contribution in [-0.2, 0) is 13.2 Å². The molecule has 1 heterocycles.